The van der Waals surface area contributed by atoms with E-state index in [1.54, 1.807) is 14.2 Å². The second-order valence-corrected chi connectivity index (χ2v) is 6.69. The number of methoxy groups -OCH3 is 1. The van der Waals surface area contributed by atoms with E-state index in [0.29, 0.717) is 5.03 Å². The highest BCUT2D eigenvalue weighted by Gasteiger charge is 2.13. The van der Waals surface area contributed by atoms with Gasteiger partial charge in [0.2, 0.25) is 5.91 Å². The third-order valence-corrected chi connectivity index (χ3v) is 3.89. The lowest BCUT2D eigenvalue weighted by molar-refractivity contribution is -0.114. The van der Waals surface area contributed by atoms with Gasteiger partial charge in [0, 0.05) is 40.7 Å². The maximum absolute atomic E-state index is 11.2. The zero-order valence-electron chi connectivity index (χ0n) is 19.9. The molecule has 0 aliphatic carbocycles. The van der Waals surface area contributed by atoms with Crippen molar-refractivity contribution in [2.45, 2.75) is 48.5 Å². The molecule has 1 aliphatic heterocycles. The van der Waals surface area contributed by atoms with Crippen molar-refractivity contribution in [3.8, 4) is 0 Å². The molecule has 1 N–H and O–H groups in total. The Hall–Kier alpha value is -1.69. The van der Waals surface area contributed by atoms with Crippen molar-refractivity contribution in [2.24, 2.45) is 4.99 Å². The Morgan fingerprint density at radius 3 is 2.27 bits per heavy atom. The van der Waals surface area contributed by atoms with Gasteiger partial charge in [-0.05, 0) is 50.6 Å². The third-order valence-electron chi connectivity index (χ3n) is 2.95. The molecule has 4 nitrogen and oxygen atoms in total. The number of allylic oxidation sites excluding steroid dienone is 5. The number of ether oxygens (including phenoxy) is 1. The Bertz CT molecular complexity index is 711. The fourth-order valence-corrected chi connectivity index (χ4v) is 2.15. The molecule has 0 radical (unpaired) electrons. The van der Waals surface area contributed by atoms with Crippen LogP contribution in [0.25, 0.3) is 0 Å². The molecule has 0 unspecified atom stereocenters. The van der Waals surface area contributed by atoms with Crippen molar-refractivity contribution in [1.82, 2.24) is 0 Å². The lowest BCUT2D eigenvalue weighted by Crippen LogP contribution is -2.13. The highest BCUT2D eigenvalue weighted by molar-refractivity contribution is 9.10. The number of halogens is 2. The monoisotopic (exact) mass is 500 g/mol. The highest BCUT2D eigenvalue weighted by Crippen LogP contribution is 2.23. The fourth-order valence-electron chi connectivity index (χ4n) is 1.71. The Kier molecular flexibility index (Phi) is 24.2. The van der Waals surface area contributed by atoms with Crippen LogP contribution >= 0.6 is 27.5 Å². The second kappa shape index (κ2) is 22.0. The normalized spacial score (nSPS) is 11.9. The summed E-state index contributed by atoms with van der Waals surface area (Å²) in [6.45, 7) is 17.6. The number of carbonyl (C=O) groups is 1. The van der Waals surface area contributed by atoms with E-state index < -0.39 is 0 Å². The Morgan fingerprint density at radius 1 is 1.27 bits per heavy atom. The van der Waals surface area contributed by atoms with Gasteiger partial charge in [0.25, 0.3) is 0 Å². The number of anilines is 1. The van der Waals surface area contributed by atoms with E-state index in [9.17, 15) is 4.79 Å². The lowest BCUT2D eigenvalue weighted by atomic mass is 10.1. The number of amides is 1. The number of rotatable bonds is 2. The minimum absolute atomic E-state index is 0.0644. The SMILES string of the molecule is C=C(C)/C(Cl)=C\C=C/C.CC.CC.CC1=NCC(=O)Nc2ccc(Br)cc21.COC. The maximum atomic E-state index is 11.2. The minimum Gasteiger partial charge on any atom is -0.388 e. The second-order valence-electron chi connectivity index (χ2n) is 5.37. The van der Waals surface area contributed by atoms with E-state index in [2.05, 4.69) is 37.6 Å². The van der Waals surface area contributed by atoms with Gasteiger partial charge < -0.3 is 10.1 Å². The third kappa shape index (κ3) is 16.1. The van der Waals surface area contributed by atoms with E-state index in [1.165, 1.54) is 0 Å². The molecule has 0 saturated heterocycles. The molecule has 0 saturated carbocycles. The zero-order valence-corrected chi connectivity index (χ0v) is 22.2. The van der Waals surface area contributed by atoms with Crippen molar-refractivity contribution in [2.75, 3.05) is 26.1 Å². The fraction of sp³-hybridized carbons (Fsp3) is 0.417. The van der Waals surface area contributed by atoms with Crippen LogP contribution in [0.15, 0.2) is 63.1 Å². The first kappa shape index (κ1) is 33.0. The van der Waals surface area contributed by atoms with Crippen molar-refractivity contribution < 1.29 is 9.53 Å². The minimum atomic E-state index is -0.0644. The van der Waals surface area contributed by atoms with Crippen LogP contribution < -0.4 is 5.32 Å². The number of fused-ring (bicyclic) bond motifs is 1. The van der Waals surface area contributed by atoms with Crippen LogP contribution in [0.1, 0.15) is 54.0 Å². The number of hydrogen-bond acceptors (Lipinski definition) is 3. The van der Waals surface area contributed by atoms with Crippen LogP contribution in [0.2, 0.25) is 0 Å². The Balaban J connectivity index is -0.000000395. The van der Waals surface area contributed by atoms with E-state index >= 15 is 0 Å². The van der Waals surface area contributed by atoms with Crippen molar-refractivity contribution in [1.29, 1.82) is 0 Å². The van der Waals surface area contributed by atoms with Gasteiger partial charge >= 0.3 is 0 Å². The first-order valence-electron chi connectivity index (χ1n) is 9.92. The molecular formula is C24H38BrClN2O2. The number of hydrogen-bond donors (Lipinski definition) is 1. The summed E-state index contributed by atoms with van der Waals surface area (Å²) in [5.41, 5.74) is 3.59. The van der Waals surface area contributed by atoms with Gasteiger partial charge in [-0.25, -0.2) is 0 Å². The van der Waals surface area contributed by atoms with Crippen LogP contribution in [0, 0.1) is 0 Å². The van der Waals surface area contributed by atoms with Gasteiger partial charge in [0.1, 0.15) is 6.54 Å². The number of aliphatic imine (C=N–C) groups is 1. The molecule has 0 fully saturated rings. The predicted molar refractivity (Wildman–Crippen MR) is 139 cm³/mol. The standard InChI is InChI=1S/C10H9BrN2O.C8H11Cl.C2H6O.2C2H6/c1-6-8-4-7(11)2-3-9(8)13-10(14)5-12-6;1-4-5-6-8(9)7(2)3;1-3-2;2*1-2/h2-4H,5H2,1H3,(H,13,14);4-6H,2H2,1,3H3;1-2H3;2*1-2H3/b;5-4-,8-6+;;;. The Labute approximate surface area is 197 Å². The van der Waals surface area contributed by atoms with Gasteiger partial charge in [-0.15, -0.1) is 0 Å². The molecule has 1 aromatic carbocycles. The smallest absolute Gasteiger partial charge is 0.246 e. The summed E-state index contributed by atoms with van der Waals surface area (Å²) >= 11 is 9.10. The van der Waals surface area contributed by atoms with Gasteiger partial charge in [0.05, 0.1) is 0 Å². The average molecular weight is 502 g/mol. The number of benzodiazepines with no additional fused rings is 1. The number of carbonyl (C=O) groups excluding carboxylic acids is 1. The van der Waals surface area contributed by atoms with Crippen molar-refractivity contribution >= 4 is 44.8 Å². The number of benzene rings is 1. The average Bonchev–Trinajstić information content (AvgIpc) is 2.88. The first-order chi connectivity index (χ1) is 14.3. The molecule has 170 valence electrons. The van der Waals surface area contributed by atoms with Gasteiger partial charge in [-0.3, -0.25) is 9.79 Å². The number of nitrogens with zero attached hydrogens (tertiary/aromatic N) is 1. The predicted octanol–water partition coefficient (Wildman–Crippen LogP) is 7.79. The summed E-state index contributed by atoms with van der Waals surface area (Å²) in [5, 5.41) is 3.52. The first-order valence-corrected chi connectivity index (χ1v) is 11.1. The molecule has 1 aromatic rings. The number of nitrogens with one attached hydrogen (secondary N) is 1. The summed E-state index contributed by atoms with van der Waals surface area (Å²) in [5.74, 6) is -0.0644. The molecule has 1 aliphatic rings. The van der Waals surface area contributed by atoms with E-state index in [0.717, 1.165) is 27.0 Å². The topological polar surface area (TPSA) is 50.7 Å². The highest BCUT2D eigenvalue weighted by atomic mass is 79.9. The molecular weight excluding hydrogens is 464 g/mol. The largest absolute Gasteiger partial charge is 0.388 e. The van der Waals surface area contributed by atoms with E-state index in [-0.39, 0.29) is 12.5 Å². The van der Waals surface area contributed by atoms with Gasteiger partial charge in [-0.1, -0.05) is 74.0 Å². The molecule has 0 bridgehead atoms. The van der Waals surface area contributed by atoms with Crippen LogP contribution in [0.4, 0.5) is 5.69 Å². The lowest BCUT2D eigenvalue weighted by Gasteiger charge is -2.06. The summed E-state index contributed by atoms with van der Waals surface area (Å²) in [7, 11) is 3.25. The molecule has 6 heteroatoms. The Morgan fingerprint density at radius 2 is 1.80 bits per heavy atom. The molecule has 0 spiro atoms. The summed E-state index contributed by atoms with van der Waals surface area (Å²) in [4.78, 5) is 15.4. The maximum Gasteiger partial charge on any atom is 0.246 e. The van der Waals surface area contributed by atoms with Crippen LogP contribution in [-0.2, 0) is 9.53 Å². The van der Waals surface area contributed by atoms with Gasteiger partial charge in [-0.2, -0.15) is 0 Å². The van der Waals surface area contributed by atoms with Crippen LogP contribution in [-0.4, -0.2) is 32.4 Å². The quantitative estimate of drug-likeness (QED) is 0.420. The molecule has 2 rings (SSSR count). The molecule has 1 amide bonds. The zero-order chi connectivity index (χ0) is 24.1. The van der Waals surface area contributed by atoms with Crippen molar-refractivity contribution in [3.63, 3.8) is 0 Å². The summed E-state index contributed by atoms with van der Waals surface area (Å²) in [6, 6.07) is 5.74. The van der Waals surface area contributed by atoms with Crippen molar-refractivity contribution in [3.05, 3.63) is 63.6 Å². The van der Waals surface area contributed by atoms with Crippen LogP contribution in [0.3, 0.4) is 0 Å². The molecule has 30 heavy (non-hydrogen) atoms. The summed E-state index contributed by atoms with van der Waals surface area (Å²) in [6.07, 6.45) is 5.63. The van der Waals surface area contributed by atoms with E-state index in [1.807, 2.05) is 84.9 Å². The van der Waals surface area contributed by atoms with E-state index in [4.69, 9.17) is 11.6 Å². The summed E-state index contributed by atoms with van der Waals surface area (Å²) < 4.78 is 5.24. The van der Waals surface area contributed by atoms with Crippen LogP contribution in [0.5, 0.6) is 0 Å². The molecule has 0 atom stereocenters. The van der Waals surface area contributed by atoms with Gasteiger partial charge in [0.15, 0.2) is 0 Å². The molecule has 1 heterocycles. The molecule has 0 aromatic heterocycles.